The second kappa shape index (κ2) is 6.56. The molecule has 1 aliphatic rings. The minimum absolute atomic E-state index is 0.183. The third kappa shape index (κ3) is 3.51. The number of anilines is 1. The molecule has 1 aliphatic heterocycles. The van der Waals surface area contributed by atoms with Crippen LogP contribution in [0, 0.1) is 0 Å². The van der Waals surface area contributed by atoms with Gasteiger partial charge in [0.05, 0.1) is 21.7 Å². The van der Waals surface area contributed by atoms with Crippen molar-refractivity contribution in [1.29, 1.82) is 0 Å². The lowest BCUT2D eigenvalue weighted by Gasteiger charge is -2.36. The molecule has 0 bridgehead atoms. The van der Waals surface area contributed by atoms with Crippen molar-refractivity contribution in [2.24, 2.45) is 0 Å². The molecule has 0 amide bonds. The van der Waals surface area contributed by atoms with E-state index >= 15 is 0 Å². The Kier molecular flexibility index (Phi) is 4.67. The second-order valence-electron chi connectivity index (χ2n) is 6.36. The van der Waals surface area contributed by atoms with Crippen LogP contribution in [0.2, 0.25) is 0 Å². The van der Waals surface area contributed by atoms with Crippen LogP contribution >= 0.6 is 0 Å². The maximum Gasteiger partial charge on any atom is 0.416 e. The topological polar surface area (TPSA) is 74.7 Å². The van der Waals surface area contributed by atoms with Crippen molar-refractivity contribution in [3.8, 4) is 0 Å². The summed E-state index contributed by atoms with van der Waals surface area (Å²) in [7, 11) is -4.14. The summed E-state index contributed by atoms with van der Waals surface area (Å²) < 4.78 is 66.2. The summed E-state index contributed by atoms with van der Waals surface area (Å²) in [6.07, 6.45) is -3.84. The Morgan fingerprint density at radius 2 is 1.89 bits per heavy atom. The molecular formula is C18H16F3NO4S. The lowest BCUT2D eigenvalue weighted by atomic mass is 9.97. The molecule has 0 aromatic heterocycles. The Hall–Kier alpha value is -2.55. The molecule has 2 aromatic carbocycles. The molecule has 27 heavy (non-hydrogen) atoms. The summed E-state index contributed by atoms with van der Waals surface area (Å²) >= 11 is 0. The highest BCUT2D eigenvalue weighted by atomic mass is 32.2. The molecule has 0 fully saturated rings. The Morgan fingerprint density at radius 3 is 2.52 bits per heavy atom. The zero-order valence-electron chi connectivity index (χ0n) is 14.2. The first-order valence-corrected chi connectivity index (χ1v) is 9.54. The number of halogens is 3. The van der Waals surface area contributed by atoms with E-state index in [1.165, 1.54) is 18.2 Å². The van der Waals surface area contributed by atoms with Crippen LogP contribution in [-0.2, 0) is 22.6 Å². The summed E-state index contributed by atoms with van der Waals surface area (Å²) in [5, 5.41) is 9.09. The minimum atomic E-state index is -4.52. The molecule has 0 aliphatic carbocycles. The summed E-state index contributed by atoms with van der Waals surface area (Å²) in [6.45, 7) is 1.67. The van der Waals surface area contributed by atoms with E-state index in [4.69, 9.17) is 5.11 Å². The van der Waals surface area contributed by atoms with Gasteiger partial charge < -0.3 is 5.11 Å². The van der Waals surface area contributed by atoms with Crippen molar-refractivity contribution >= 4 is 21.7 Å². The monoisotopic (exact) mass is 399 g/mol. The van der Waals surface area contributed by atoms with Crippen molar-refractivity contribution in [3.63, 3.8) is 0 Å². The average molecular weight is 399 g/mol. The highest BCUT2D eigenvalue weighted by Crippen LogP contribution is 2.39. The second-order valence-corrected chi connectivity index (χ2v) is 8.18. The van der Waals surface area contributed by atoms with Crippen LogP contribution in [0.5, 0.6) is 0 Å². The van der Waals surface area contributed by atoms with Gasteiger partial charge >= 0.3 is 12.1 Å². The quantitative estimate of drug-likeness (QED) is 0.849. The summed E-state index contributed by atoms with van der Waals surface area (Å²) in [5.41, 5.74) is -0.544. The number of benzene rings is 2. The molecule has 0 saturated heterocycles. The van der Waals surface area contributed by atoms with Crippen LogP contribution < -0.4 is 4.31 Å². The lowest BCUT2D eigenvalue weighted by Crippen LogP contribution is -2.42. The van der Waals surface area contributed by atoms with E-state index < -0.39 is 33.8 Å². The molecule has 2 aromatic rings. The molecular weight excluding hydrogens is 383 g/mol. The van der Waals surface area contributed by atoms with Gasteiger partial charge in [0.2, 0.25) is 0 Å². The number of hydrogen-bond acceptors (Lipinski definition) is 3. The fourth-order valence-corrected chi connectivity index (χ4v) is 4.94. The summed E-state index contributed by atoms with van der Waals surface area (Å²) in [6, 6.07) is 7.41. The Balaban J connectivity index is 2.11. The van der Waals surface area contributed by atoms with Gasteiger partial charge in [-0.2, -0.15) is 13.2 Å². The molecule has 9 heteroatoms. The molecule has 1 unspecified atom stereocenters. The highest BCUT2D eigenvalue weighted by molar-refractivity contribution is 7.92. The standard InChI is InChI=1S/C18H16F3NO4S/c1-11-5-6-12-9-14(18(19,20)21)7-8-16(12)22(11)27(25,26)15-4-2-3-13(10-15)17(23)24/h2-4,7-11H,5-6H2,1H3,(H,23,24). The predicted octanol–water partition coefficient (Wildman–Crippen LogP) is 3.93. The number of rotatable bonds is 3. The van der Waals surface area contributed by atoms with E-state index in [-0.39, 0.29) is 16.1 Å². The number of aryl methyl sites for hydroxylation is 1. The Morgan fingerprint density at radius 1 is 1.19 bits per heavy atom. The Labute approximate surface area is 154 Å². The largest absolute Gasteiger partial charge is 0.478 e. The maximum absolute atomic E-state index is 13.1. The van der Waals surface area contributed by atoms with Crippen LogP contribution in [0.3, 0.4) is 0 Å². The Bertz CT molecular complexity index is 1000. The van der Waals surface area contributed by atoms with Gasteiger partial charge in [-0.05, 0) is 61.7 Å². The molecule has 5 nitrogen and oxygen atoms in total. The molecule has 3 rings (SSSR count). The SMILES string of the molecule is CC1CCc2cc(C(F)(F)F)ccc2N1S(=O)(=O)c1cccc(C(=O)O)c1. The highest BCUT2D eigenvalue weighted by Gasteiger charge is 2.37. The molecule has 144 valence electrons. The van der Waals surface area contributed by atoms with Gasteiger partial charge in [-0.15, -0.1) is 0 Å². The fraction of sp³-hybridized carbons (Fsp3) is 0.278. The van der Waals surface area contributed by atoms with Crippen LogP contribution in [0.4, 0.5) is 18.9 Å². The van der Waals surface area contributed by atoms with Gasteiger partial charge in [-0.25, -0.2) is 13.2 Å². The molecule has 0 saturated carbocycles. The smallest absolute Gasteiger partial charge is 0.416 e. The molecule has 1 heterocycles. The number of alkyl halides is 3. The van der Waals surface area contributed by atoms with E-state index in [9.17, 15) is 26.4 Å². The van der Waals surface area contributed by atoms with Crippen molar-refractivity contribution in [2.75, 3.05) is 4.31 Å². The van der Waals surface area contributed by atoms with E-state index in [0.717, 1.165) is 28.6 Å². The van der Waals surface area contributed by atoms with Gasteiger partial charge in [-0.1, -0.05) is 6.07 Å². The average Bonchev–Trinajstić information content (AvgIpc) is 2.60. The first-order chi connectivity index (χ1) is 12.5. The number of nitrogens with zero attached hydrogens (tertiary/aromatic N) is 1. The number of hydrogen-bond donors (Lipinski definition) is 1. The number of aromatic carboxylic acids is 1. The minimum Gasteiger partial charge on any atom is -0.478 e. The third-order valence-corrected chi connectivity index (χ3v) is 6.44. The molecule has 1 atom stereocenters. The van der Waals surface area contributed by atoms with Gasteiger partial charge in [-0.3, -0.25) is 4.31 Å². The van der Waals surface area contributed by atoms with Gasteiger partial charge in [0.1, 0.15) is 0 Å². The molecule has 0 spiro atoms. The lowest BCUT2D eigenvalue weighted by molar-refractivity contribution is -0.137. The fourth-order valence-electron chi connectivity index (χ4n) is 3.17. The number of carboxylic acid groups (broad SMARTS) is 1. The first kappa shape index (κ1) is 19.2. The van der Waals surface area contributed by atoms with Crippen molar-refractivity contribution in [3.05, 3.63) is 59.2 Å². The van der Waals surface area contributed by atoms with Gasteiger partial charge in [0.25, 0.3) is 10.0 Å². The van der Waals surface area contributed by atoms with E-state index in [1.54, 1.807) is 6.92 Å². The van der Waals surface area contributed by atoms with Gasteiger partial charge in [0, 0.05) is 6.04 Å². The van der Waals surface area contributed by atoms with Crippen molar-refractivity contribution < 1.29 is 31.5 Å². The number of sulfonamides is 1. The van der Waals surface area contributed by atoms with Crippen LogP contribution in [0.1, 0.15) is 34.8 Å². The zero-order valence-corrected chi connectivity index (χ0v) is 15.0. The number of fused-ring (bicyclic) bond motifs is 1. The first-order valence-electron chi connectivity index (χ1n) is 8.10. The number of carbonyl (C=O) groups is 1. The van der Waals surface area contributed by atoms with E-state index in [2.05, 4.69) is 0 Å². The maximum atomic E-state index is 13.1. The normalized spacial score (nSPS) is 17.5. The summed E-state index contributed by atoms with van der Waals surface area (Å²) in [5.74, 6) is -1.27. The van der Waals surface area contributed by atoms with Crippen LogP contribution in [0.15, 0.2) is 47.4 Å². The molecule has 0 radical (unpaired) electrons. The van der Waals surface area contributed by atoms with Crippen molar-refractivity contribution in [2.45, 2.75) is 36.9 Å². The predicted molar refractivity (Wildman–Crippen MR) is 92.3 cm³/mol. The van der Waals surface area contributed by atoms with E-state index in [0.29, 0.717) is 18.4 Å². The molecule has 1 N–H and O–H groups in total. The van der Waals surface area contributed by atoms with Crippen LogP contribution in [0.25, 0.3) is 0 Å². The van der Waals surface area contributed by atoms with E-state index in [1.807, 2.05) is 0 Å². The third-order valence-electron chi connectivity index (χ3n) is 4.51. The zero-order chi connectivity index (χ0) is 20.0. The van der Waals surface area contributed by atoms with Crippen LogP contribution in [-0.4, -0.2) is 25.5 Å². The van der Waals surface area contributed by atoms with Crippen molar-refractivity contribution in [1.82, 2.24) is 0 Å². The van der Waals surface area contributed by atoms with Gasteiger partial charge in [0.15, 0.2) is 0 Å². The summed E-state index contributed by atoms with van der Waals surface area (Å²) in [4.78, 5) is 10.9. The number of carboxylic acids is 1.